The first-order valence-corrected chi connectivity index (χ1v) is 6.06. The molecule has 1 aromatic carbocycles. The number of fused-ring (bicyclic) bond motifs is 3. The third-order valence-electron chi connectivity index (χ3n) is 4.01. The van der Waals surface area contributed by atoms with Crippen LogP contribution in [0.4, 0.5) is 5.69 Å². The lowest BCUT2D eigenvalue weighted by Gasteiger charge is -2.29. The van der Waals surface area contributed by atoms with E-state index >= 15 is 0 Å². The Morgan fingerprint density at radius 2 is 2.39 bits per heavy atom. The van der Waals surface area contributed by atoms with Crippen LogP contribution in [0.2, 0.25) is 0 Å². The second-order valence-electron chi connectivity index (χ2n) is 5.06. The normalized spacial score (nSPS) is 30.4. The van der Waals surface area contributed by atoms with Crippen LogP contribution in [0.5, 0.6) is 0 Å². The van der Waals surface area contributed by atoms with E-state index in [0.717, 1.165) is 11.3 Å². The van der Waals surface area contributed by atoms with Gasteiger partial charge < -0.3 is 20.9 Å². The van der Waals surface area contributed by atoms with E-state index in [1.54, 1.807) is 0 Å². The van der Waals surface area contributed by atoms with Crippen LogP contribution in [-0.2, 0) is 14.9 Å². The van der Waals surface area contributed by atoms with E-state index in [9.17, 15) is 4.79 Å². The number of carboxylic acid groups (broad SMARTS) is 1. The lowest BCUT2D eigenvalue weighted by molar-refractivity contribution is -0.139. The Balaban J connectivity index is 1.99. The van der Waals surface area contributed by atoms with Gasteiger partial charge in [-0.1, -0.05) is 18.2 Å². The summed E-state index contributed by atoms with van der Waals surface area (Å²) < 4.78 is 5.54. The Bertz CT molecular complexity index is 491. The number of ether oxygens (including phenoxy) is 1. The van der Waals surface area contributed by atoms with Crippen molar-refractivity contribution in [1.82, 2.24) is 0 Å². The summed E-state index contributed by atoms with van der Waals surface area (Å²) in [6.07, 6.45) is 0.400. The van der Waals surface area contributed by atoms with Gasteiger partial charge in [0.15, 0.2) is 0 Å². The first kappa shape index (κ1) is 11.5. The molecule has 96 valence electrons. The van der Waals surface area contributed by atoms with Crippen molar-refractivity contribution >= 4 is 11.7 Å². The number of benzene rings is 1. The molecule has 0 unspecified atom stereocenters. The summed E-state index contributed by atoms with van der Waals surface area (Å²) in [5.74, 6) is -0.959. The number of carboxylic acids is 1. The van der Waals surface area contributed by atoms with Crippen molar-refractivity contribution in [3.05, 3.63) is 29.8 Å². The minimum Gasteiger partial charge on any atom is -0.480 e. The Kier molecular flexibility index (Phi) is 2.53. The SMILES string of the molecule is N[C@@H](C[C@@]12COC[C@@H]1Nc1ccccc12)C(=O)O. The number of para-hydroxylation sites is 1. The maximum Gasteiger partial charge on any atom is 0.320 e. The average molecular weight is 248 g/mol. The number of hydrogen-bond donors (Lipinski definition) is 3. The standard InChI is InChI=1S/C13H16N2O3/c14-9(12(16)17)5-13-7-18-6-11(13)15-10-4-2-1-3-8(10)13/h1-4,9,11,15H,5-7,14H2,(H,16,17)/t9-,11-,13-/m0/s1. The molecule has 1 aromatic rings. The fourth-order valence-corrected chi connectivity index (χ4v) is 3.09. The van der Waals surface area contributed by atoms with E-state index in [0.29, 0.717) is 19.6 Å². The highest BCUT2D eigenvalue weighted by atomic mass is 16.5. The largest absolute Gasteiger partial charge is 0.480 e. The third kappa shape index (κ3) is 1.51. The van der Waals surface area contributed by atoms with Crippen LogP contribution in [-0.4, -0.2) is 36.4 Å². The molecule has 1 fully saturated rings. The van der Waals surface area contributed by atoms with Crippen molar-refractivity contribution in [2.45, 2.75) is 23.9 Å². The zero-order chi connectivity index (χ0) is 12.8. The lowest BCUT2D eigenvalue weighted by Crippen LogP contribution is -2.45. The van der Waals surface area contributed by atoms with Gasteiger partial charge in [0.05, 0.1) is 19.3 Å². The topological polar surface area (TPSA) is 84.6 Å². The fourth-order valence-electron chi connectivity index (χ4n) is 3.09. The number of carbonyl (C=O) groups is 1. The molecule has 2 heterocycles. The van der Waals surface area contributed by atoms with Gasteiger partial charge in [-0.15, -0.1) is 0 Å². The molecule has 0 aliphatic carbocycles. The number of aliphatic carboxylic acids is 1. The molecule has 3 atom stereocenters. The molecule has 4 N–H and O–H groups in total. The molecule has 0 bridgehead atoms. The van der Waals surface area contributed by atoms with Gasteiger partial charge in [0.2, 0.25) is 0 Å². The van der Waals surface area contributed by atoms with Crippen LogP contribution in [0.25, 0.3) is 0 Å². The number of nitrogens with two attached hydrogens (primary N) is 1. The molecule has 0 aromatic heterocycles. The van der Waals surface area contributed by atoms with E-state index < -0.39 is 12.0 Å². The highest BCUT2D eigenvalue weighted by molar-refractivity contribution is 5.74. The van der Waals surface area contributed by atoms with Gasteiger partial charge in [-0.05, 0) is 18.1 Å². The first-order valence-electron chi connectivity index (χ1n) is 6.06. The molecule has 2 aliphatic rings. The minimum atomic E-state index is -0.959. The summed E-state index contributed by atoms with van der Waals surface area (Å²) in [6, 6.07) is 7.25. The number of nitrogens with one attached hydrogen (secondary N) is 1. The fraction of sp³-hybridized carbons (Fsp3) is 0.462. The van der Waals surface area contributed by atoms with Crippen molar-refractivity contribution < 1.29 is 14.6 Å². The van der Waals surface area contributed by atoms with Gasteiger partial charge >= 0.3 is 5.97 Å². The minimum absolute atomic E-state index is 0.125. The molecular weight excluding hydrogens is 232 g/mol. The second kappa shape index (κ2) is 3.96. The second-order valence-corrected chi connectivity index (χ2v) is 5.06. The van der Waals surface area contributed by atoms with E-state index in [4.69, 9.17) is 15.6 Å². The summed E-state index contributed by atoms with van der Waals surface area (Å²) in [6.45, 7) is 1.13. The van der Waals surface area contributed by atoms with Gasteiger partial charge in [0.25, 0.3) is 0 Å². The maximum atomic E-state index is 11.0. The number of rotatable bonds is 3. The van der Waals surface area contributed by atoms with Crippen LogP contribution in [0, 0.1) is 0 Å². The zero-order valence-corrected chi connectivity index (χ0v) is 9.93. The number of hydrogen-bond acceptors (Lipinski definition) is 4. The lowest BCUT2D eigenvalue weighted by atomic mass is 9.74. The predicted molar refractivity (Wildman–Crippen MR) is 66.6 cm³/mol. The number of anilines is 1. The van der Waals surface area contributed by atoms with Crippen molar-refractivity contribution in [3.63, 3.8) is 0 Å². The Morgan fingerprint density at radius 1 is 1.61 bits per heavy atom. The van der Waals surface area contributed by atoms with E-state index in [2.05, 4.69) is 5.32 Å². The Labute approximate surface area is 105 Å². The molecule has 0 spiro atoms. The third-order valence-corrected chi connectivity index (χ3v) is 4.01. The highest BCUT2D eigenvalue weighted by Crippen LogP contribution is 2.47. The van der Waals surface area contributed by atoms with Gasteiger partial charge in [-0.25, -0.2) is 0 Å². The van der Waals surface area contributed by atoms with Gasteiger partial charge in [0, 0.05) is 11.1 Å². The van der Waals surface area contributed by atoms with E-state index in [1.807, 2.05) is 24.3 Å². The van der Waals surface area contributed by atoms with Crippen molar-refractivity contribution in [2.24, 2.45) is 5.73 Å². The van der Waals surface area contributed by atoms with Gasteiger partial charge in [-0.2, -0.15) is 0 Å². The molecule has 18 heavy (non-hydrogen) atoms. The first-order chi connectivity index (χ1) is 8.63. The molecule has 0 saturated carbocycles. The van der Waals surface area contributed by atoms with Gasteiger partial charge in [-0.3, -0.25) is 4.79 Å². The molecule has 0 amide bonds. The monoisotopic (exact) mass is 248 g/mol. The molecular formula is C13H16N2O3. The maximum absolute atomic E-state index is 11.0. The highest BCUT2D eigenvalue weighted by Gasteiger charge is 2.52. The summed E-state index contributed by atoms with van der Waals surface area (Å²) in [5, 5.41) is 12.4. The molecule has 5 heteroatoms. The quantitative estimate of drug-likeness (QED) is 0.727. The van der Waals surface area contributed by atoms with E-state index in [-0.39, 0.29) is 11.5 Å². The summed E-state index contributed by atoms with van der Waals surface area (Å²) >= 11 is 0. The van der Waals surface area contributed by atoms with Crippen molar-refractivity contribution in [3.8, 4) is 0 Å². The van der Waals surface area contributed by atoms with Crippen LogP contribution in [0.15, 0.2) is 24.3 Å². The molecule has 2 aliphatic heterocycles. The van der Waals surface area contributed by atoms with Crippen molar-refractivity contribution in [2.75, 3.05) is 18.5 Å². The summed E-state index contributed by atoms with van der Waals surface area (Å²) in [7, 11) is 0. The van der Waals surface area contributed by atoms with Crippen LogP contribution < -0.4 is 11.1 Å². The average Bonchev–Trinajstić information content (AvgIpc) is 2.84. The van der Waals surface area contributed by atoms with E-state index in [1.165, 1.54) is 0 Å². The molecule has 0 radical (unpaired) electrons. The summed E-state index contributed by atoms with van der Waals surface area (Å²) in [4.78, 5) is 11.0. The molecule has 5 nitrogen and oxygen atoms in total. The van der Waals surface area contributed by atoms with Crippen molar-refractivity contribution in [1.29, 1.82) is 0 Å². The zero-order valence-electron chi connectivity index (χ0n) is 9.93. The Morgan fingerprint density at radius 3 is 3.17 bits per heavy atom. The summed E-state index contributed by atoms with van der Waals surface area (Å²) in [5.41, 5.74) is 7.63. The molecule has 3 rings (SSSR count). The Hall–Kier alpha value is -1.59. The van der Waals surface area contributed by atoms with Gasteiger partial charge in [0.1, 0.15) is 6.04 Å². The van der Waals surface area contributed by atoms with Crippen LogP contribution in [0.1, 0.15) is 12.0 Å². The molecule has 1 saturated heterocycles. The van der Waals surface area contributed by atoms with Crippen LogP contribution >= 0.6 is 0 Å². The predicted octanol–water partition coefficient (Wildman–Crippen LogP) is 0.551. The van der Waals surface area contributed by atoms with Crippen LogP contribution in [0.3, 0.4) is 0 Å². The smallest absolute Gasteiger partial charge is 0.320 e.